The van der Waals surface area contributed by atoms with Crippen LogP contribution in [0.25, 0.3) is 0 Å². The Labute approximate surface area is 103 Å². The van der Waals surface area contributed by atoms with Gasteiger partial charge in [-0.2, -0.15) is 0 Å². The van der Waals surface area contributed by atoms with E-state index in [0.29, 0.717) is 18.2 Å². The quantitative estimate of drug-likeness (QED) is 0.909. The number of halogens is 1. The Hall–Kier alpha value is -0.690. The molecule has 0 saturated carbocycles. The van der Waals surface area contributed by atoms with Crippen LogP contribution in [0.2, 0.25) is 0 Å². The third kappa shape index (κ3) is 2.70. The topological polar surface area (TPSA) is 72.0 Å². The predicted octanol–water partition coefficient (Wildman–Crippen LogP) is 1.23. The summed E-state index contributed by atoms with van der Waals surface area (Å²) in [6.07, 6.45) is 4.73. The van der Waals surface area contributed by atoms with Gasteiger partial charge in [-0.05, 0) is 28.8 Å². The fourth-order valence-electron chi connectivity index (χ4n) is 1.70. The van der Waals surface area contributed by atoms with Gasteiger partial charge in [0.1, 0.15) is 0 Å². The molecule has 1 atom stereocenters. The van der Waals surface area contributed by atoms with Crippen LogP contribution in [-0.4, -0.2) is 35.9 Å². The van der Waals surface area contributed by atoms with Crippen molar-refractivity contribution in [2.75, 3.05) is 17.6 Å². The minimum atomic E-state index is -2.89. The Morgan fingerprint density at radius 2 is 2.12 bits per heavy atom. The van der Waals surface area contributed by atoms with Gasteiger partial charge in [0.15, 0.2) is 9.84 Å². The van der Waals surface area contributed by atoms with Gasteiger partial charge in [-0.25, -0.2) is 18.4 Å². The Bertz CT molecular complexity index is 460. The van der Waals surface area contributed by atoms with Crippen LogP contribution in [0.5, 0.6) is 0 Å². The molecule has 1 aromatic heterocycles. The van der Waals surface area contributed by atoms with E-state index in [-0.39, 0.29) is 5.25 Å². The molecule has 0 bridgehead atoms. The number of aromatic nitrogens is 2. The molecule has 16 heavy (non-hydrogen) atoms. The highest BCUT2D eigenvalue weighted by atomic mass is 79.9. The van der Waals surface area contributed by atoms with E-state index in [1.54, 1.807) is 12.4 Å². The maximum absolute atomic E-state index is 11.5. The number of hydrogen-bond acceptors (Lipinski definition) is 5. The molecule has 1 N–H and O–H groups in total. The first-order chi connectivity index (χ1) is 7.58. The second kappa shape index (κ2) is 4.67. The predicted molar refractivity (Wildman–Crippen MR) is 65.0 cm³/mol. The smallest absolute Gasteiger partial charge is 0.222 e. The van der Waals surface area contributed by atoms with Crippen molar-refractivity contribution in [2.45, 2.75) is 18.1 Å². The average Bonchev–Trinajstić information content (AvgIpc) is 2.57. The Morgan fingerprint density at radius 1 is 1.44 bits per heavy atom. The SMILES string of the molecule is O=S1(=O)CCCC1CNc1ncc(Br)cn1. The largest absolute Gasteiger partial charge is 0.353 e. The molecule has 1 unspecified atom stereocenters. The summed E-state index contributed by atoms with van der Waals surface area (Å²) in [4.78, 5) is 8.05. The van der Waals surface area contributed by atoms with E-state index in [0.717, 1.165) is 17.3 Å². The van der Waals surface area contributed by atoms with Crippen molar-refractivity contribution >= 4 is 31.7 Å². The molecule has 0 aliphatic carbocycles. The number of hydrogen-bond donors (Lipinski definition) is 1. The minimum absolute atomic E-state index is 0.292. The van der Waals surface area contributed by atoms with Crippen LogP contribution in [0.1, 0.15) is 12.8 Å². The van der Waals surface area contributed by atoms with Crippen molar-refractivity contribution in [1.82, 2.24) is 9.97 Å². The molecule has 0 aromatic carbocycles. The first-order valence-corrected chi connectivity index (χ1v) is 7.52. The zero-order chi connectivity index (χ0) is 11.6. The van der Waals surface area contributed by atoms with E-state index in [2.05, 4.69) is 31.2 Å². The molecule has 2 rings (SSSR count). The summed E-state index contributed by atoms with van der Waals surface area (Å²) in [6.45, 7) is 0.393. The maximum atomic E-state index is 11.5. The Morgan fingerprint density at radius 3 is 2.69 bits per heavy atom. The van der Waals surface area contributed by atoms with Crippen LogP contribution in [0.4, 0.5) is 5.95 Å². The van der Waals surface area contributed by atoms with Crippen LogP contribution in [0.3, 0.4) is 0 Å². The highest BCUT2D eigenvalue weighted by Crippen LogP contribution is 2.20. The van der Waals surface area contributed by atoms with Crippen LogP contribution in [0.15, 0.2) is 16.9 Å². The van der Waals surface area contributed by atoms with Crippen LogP contribution in [-0.2, 0) is 9.84 Å². The normalized spacial score (nSPS) is 23.2. The standard InChI is InChI=1S/C9H12BrN3O2S/c10-7-4-11-9(12-5-7)13-6-8-2-1-3-16(8,14)15/h4-5,8H,1-3,6H2,(H,11,12,13). The van der Waals surface area contributed by atoms with Gasteiger partial charge in [0, 0.05) is 18.9 Å². The first kappa shape index (κ1) is 11.8. The van der Waals surface area contributed by atoms with Crippen molar-refractivity contribution in [3.05, 3.63) is 16.9 Å². The second-order valence-electron chi connectivity index (χ2n) is 3.74. The number of nitrogens with zero attached hydrogens (tertiary/aromatic N) is 2. The number of nitrogens with one attached hydrogen (secondary N) is 1. The molecule has 1 aromatic rings. The summed E-state index contributed by atoms with van der Waals surface area (Å²) in [5.41, 5.74) is 0. The van der Waals surface area contributed by atoms with Crippen molar-refractivity contribution in [1.29, 1.82) is 0 Å². The monoisotopic (exact) mass is 305 g/mol. The zero-order valence-electron chi connectivity index (χ0n) is 8.56. The van der Waals surface area contributed by atoms with Crippen LogP contribution < -0.4 is 5.32 Å². The van der Waals surface area contributed by atoms with Gasteiger partial charge >= 0.3 is 0 Å². The Balaban J connectivity index is 1.95. The summed E-state index contributed by atoms with van der Waals surface area (Å²) < 4.78 is 23.9. The summed E-state index contributed by atoms with van der Waals surface area (Å²) in [6, 6.07) is 0. The van der Waals surface area contributed by atoms with Crippen molar-refractivity contribution in [2.24, 2.45) is 0 Å². The lowest BCUT2D eigenvalue weighted by Crippen LogP contribution is -2.25. The lowest BCUT2D eigenvalue weighted by atomic mass is 10.2. The van der Waals surface area contributed by atoms with E-state index in [9.17, 15) is 8.42 Å². The molecular formula is C9H12BrN3O2S. The summed E-state index contributed by atoms with van der Waals surface area (Å²) in [7, 11) is -2.89. The molecule has 1 aliphatic rings. The molecule has 0 radical (unpaired) electrons. The molecule has 5 nitrogen and oxygen atoms in total. The molecule has 0 amide bonds. The van der Waals surface area contributed by atoms with Gasteiger partial charge in [0.2, 0.25) is 5.95 Å². The highest BCUT2D eigenvalue weighted by Gasteiger charge is 2.30. The van der Waals surface area contributed by atoms with E-state index in [4.69, 9.17) is 0 Å². The van der Waals surface area contributed by atoms with Gasteiger partial charge in [-0.3, -0.25) is 0 Å². The van der Waals surface area contributed by atoms with Gasteiger partial charge in [-0.1, -0.05) is 0 Å². The van der Waals surface area contributed by atoms with Gasteiger partial charge in [0.25, 0.3) is 0 Å². The fraction of sp³-hybridized carbons (Fsp3) is 0.556. The second-order valence-corrected chi connectivity index (χ2v) is 7.05. The molecule has 1 fully saturated rings. The van der Waals surface area contributed by atoms with Crippen LogP contribution in [0, 0.1) is 0 Å². The fourth-order valence-corrected chi connectivity index (χ4v) is 3.67. The first-order valence-electron chi connectivity index (χ1n) is 5.01. The van der Waals surface area contributed by atoms with Gasteiger partial charge < -0.3 is 5.32 Å². The molecule has 2 heterocycles. The average molecular weight is 306 g/mol. The van der Waals surface area contributed by atoms with Crippen molar-refractivity contribution in [3.63, 3.8) is 0 Å². The van der Waals surface area contributed by atoms with Gasteiger partial charge in [0.05, 0.1) is 15.5 Å². The number of sulfone groups is 1. The number of anilines is 1. The summed E-state index contributed by atoms with van der Waals surface area (Å²) >= 11 is 3.23. The third-order valence-electron chi connectivity index (χ3n) is 2.57. The van der Waals surface area contributed by atoms with Gasteiger partial charge in [-0.15, -0.1) is 0 Å². The van der Waals surface area contributed by atoms with E-state index >= 15 is 0 Å². The maximum Gasteiger partial charge on any atom is 0.222 e. The van der Waals surface area contributed by atoms with E-state index in [1.807, 2.05) is 0 Å². The van der Waals surface area contributed by atoms with E-state index in [1.165, 1.54) is 0 Å². The highest BCUT2D eigenvalue weighted by molar-refractivity contribution is 9.10. The number of rotatable bonds is 3. The zero-order valence-corrected chi connectivity index (χ0v) is 11.0. The molecule has 1 saturated heterocycles. The lowest BCUT2D eigenvalue weighted by Gasteiger charge is -2.10. The molecule has 88 valence electrons. The molecule has 1 aliphatic heterocycles. The molecule has 7 heteroatoms. The van der Waals surface area contributed by atoms with E-state index < -0.39 is 9.84 Å². The minimum Gasteiger partial charge on any atom is -0.353 e. The summed E-state index contributed by atoms with van der Waals surface area (Å²) in [5, 5.41) is 2.66. The van der Waals surface area contributed by atoms with Crippen LogP contribution >= 0.6 is 15.9 Å². The third-order valence-corrected chi connectivity index (χ3v) is 5.26. The molecule has 0 spiro atoms. The van der Waals surface area contributed by atoms with Crippen molar-refractivity contribution in [3.8, 4) is 0 Å². The molecular weight excluding hydrogens is 294 g/mol. The summed E-state index contributed by atoms with van der Waals surface area (Å²) in [5.74, 6) is 0.769. The lowest BCUT2D eigenvalue weighted by molar-refractivity contribution is 0.591. The Kier molecular flexibility index (Phi) is 3.44. The van der Waals surface area contributed by atoms with Crippen molar-refractivity contribution < 1.29 is 8.42 Å².